The van der Waals surface area contributed by atoms with Gasteiger partial charge < -0.3 is 10.6 Å². The highest BCUT2D eigenvalue weighted by atomic mass is 19.1. The minimum Gasteiger partial charge on any atom is -0.322 e. The molecule has 0 bridgehead atoms. The lowest BCUT2D eigenvalue weighted by atomic mass is 9.90. The lowest BCUT2D eigenvalue weighted by molar-refractivity contribution is -0.133. The number of hydrogen-bond acceptors (Lipinski definition) is 3. The van der Waals surface area contributed by atoms with Crippen LogP contribution in [-0.2, 0) is 15.1 Å². The summed E-state index contributed by atoms with van der Waals surface area (Å²) in [6.07, 6.45) is 0. The van der Waals surface area contributed by atoms with E-state index in [9.17, 15) is 23.2 Å². The molecule has 1 aliphatic rings. The molecule has 0 aromatic heterocycles. The van der Waals surface area contributed by atoms with E-state index < -0.39 is 41.6 Å². The molecular formula is C21H21F2N3O3. The standard InChI is InChI=1S/C21H21F2N3O3/c1-12(2)13-4-6-14(7-5-13)21(3)19(28)26(20(29)25-21)11-18(27)24-17-10-15(22)8-9-16(17)23/h4-10,12H,11H2,1-3H3,(H,24,27)(H,25,29)/t21-/m1/s1. The number of carbonyl (C=O) groups excluding carboxylic acids is 3. The monoisotopic (exact) mass is 401 g/mol. The highest BCUT2D eigenvalue weighted by molar-refractivity contribution is 6.10. The fourth-order valence-corrected chi connectivity index (χ4v) is 3.16. The van der Waals surface area contributed by atoms with Crippen LogP contribution in [0.15, 0.2) is 42.5 Å². The molecular weight excluding hydrogens is 380 g/mol. The third kappa shape index (κ3) is 3.96. The van der Waals surface area contributed by atoms with E-state index in [1.165, 1.54) is 0 Å². The Hall–Kier alpha value is -3.29. The van der Waals surface area contributed by atoms with Gasteiger partial charge in [0.15, 0.2) is 0 Å². The zero-order valence-electron chi connectivity index (χ0n) is 16.3. The van der Waals surface area contributed by atoms with Crippen LogP contribution in [0.5, 0.6) is 0 Å². The normalized spacial score (nSPS) is 18.9. The van der Waals surface area contributed by atoms with Gasteiger partial charge in [-0.25, -0.2) is 13.6 Å². The maximum atomic E-state index is 13.7. The smallest absolute Gasteiger partial charge is 0.322 e. The van der Waals surface area contributed by atoms with Crippen molar-refractivity contribution in [2.45, 2.75) is 32.2 Å². The van der Waals surface area contributed by atoms with Crippen LogP contribution in [0.2, 0.25) is 0 Å². The maximum absolute atomic E-state index is 13.7. The van der Waals surface area contributed by atoms with E-state index in [1.54, 1.807) is 19.1 Å². The minimum absolute atomic E-state index is 0.314. The molecule has 0 radical (unpaired) electrons. The Morgan fingerprint density at radius 1 is 1.14 bits per heavy atom. The fourth-order valence-electron chi connectivity index (χ4n) is 3.16. The maximum Gasteiger partial charge on any atom is 0.325 e. The van der Waals surface area contributed by atoms with Crippen molar-refractivity contribution in [1.29, 1.82) is 0 Å². The molecule has 1 aliphatic heterocycles. The van der Waals surface area contributed by atoms with Gasteiger partial charge in [-0.3, -0.25) is 14.5 Å². The minimum atomic E-state index is -1.32. The van der Waals surface area contributed by atoms with E-state index in [0.717, 1.165) is 28.7 Å². The molecule has 29 heavy (non-hydrogen) atoms. The second kappa shape index (κ2) is 7.62. The highest BCUT2D eigenvalue weighted by Crippen LogP contribution is 2.30. The van der Waals surface area contributed by atoms with Crippen LogP contribution >= 0.6 is 0 Å². The number of rotatable bonds is 5. The number of carbonyl (C=O) groups is 3. The van der Waals surface area contributed by atoms with E-state index in [-0.39, 0.29) is 5.69 Å². The zero-order valence-corrected chi connectivity index (χ0v) is 16.3. The van der Waals surface area contributed by atoms with Crippen molar-refractivity contribution in [2.24, 2.45) is 0 Å². The Labute approximate surface area is 166 Å². The van der Waals surface area contributed by atoms with Crippen molar-refractivity contribution in [3.8, 4) is 0 Å². The molecule has 152 valence electrons. The quantitative estimate of drug-likeness (QED) is 0.753. The van der Waals surface area contributed by atoms with Gasteiger partial charge in [0.2, 0.25) is 5.91 Å². The number of nitrogens with one attached hydrogen (secondary N) is 2. The largest absolute Gasteiger partial charge is 0.325 e. The van der Waals surface area contributed by atoms with Crippen LogP contribution < -0.4 is 10.6 Å². The Bertz CT molecular complexity index is 976. The lowest BCUT2D eigenvalue weighted by Crippen LogP contribution is -2.42. The summed E-state index contributed by atoms with van der Waals surface area (Å²) < 4.78 is 26.9. The SMILES string of the molecule is CC(C)c1ccc([C@@]2(C)NC(=O)N(CC(=O)Nc3cc(F)ccc3F)C2=O)cc1. The van der Waals surface area contributed by atoms with Crippen LogP contribution in [0, 0.1) is 11.6 Å². The van der Waals surface area contributed by atoms with Crippen molar-refractivity contribution in [2.75, 3.05) is 11.9 Å². The Morgan fingerprint density at radius 3 is 2.41 bits per heavy atom. The molecule has 8 heteroatoms. The van der Waals surface area contributed by atoms with E-state index in [1.807, 2.05) is 26.0 Å². The molecule has 2 aromatic carbocycles. The molecule has 6 nitrogen and oxygen atoms in total. The first-order valence-corrected chi connectivity index (χ1v) is 9.11. The summed E-state index contributed by atoms with van der Waals surface area (Å²) in [6.45, 7) is 5.02. The second-order valence-electron chi connectivity index (χ2n) is 7.40. The predicted molar refractivity (Wildman–Crippen MR) is 103 cm³/mol. The first-order chi connectivity index (χ1) is 13.6. The summed E-state index contributed by atoms with van der Waals surface area (Å²) in [5.41, 5.74) is -0.0207. The Kier molecular flexibility index (Phi) is 5.37. The summed E-state index contributed by atoms with van der Waals surface area (Å²) >= 11 is 0. The molecule has 0 spiro atoms. The van der Waals surface area contributed by atoms with Crippen LogP contribution in [-0.4, -0.2) is 29.3 Å². The van der Waals surface area contributed by atoms with Gasteiger partial charge in [-0.05, 0) is 36.1 Å². The van der Waals surface area contributed by atoms with Crippen molar-refractivity contribution in [3.63, 3.8) is 0 Å². The molecule has 1 saturated heterocycles. The average Bonchev–Trinajstić information content (AvgIpc) is 2.89. The number of urea groups is 1. The fraction of sp³-hybridized carbons (Fsp3) is 0.286. The van der Waals surface area contributed by atoms with Crippen LogP contribution in [0.25, 0.3) is 0 Å². The number of anilines is 1. The second-order valence-corrected chi connectivity index (χ2v) is 7.40. The summed E-state index contributed by atoms with van der Waals surface area (Å²) in [4.78, 5) is 38.2. The number of amides is 4. The average molecular weight is 401 g/mol. The summed E-state index contributed by atoms with van der Waals surface area (Å²) in [5, 5.41) is 4.79. The van der Waals surface area contributed by atoms with Crippen LogP contribution in [0.1, 0.15) is 37.8 Å². The third-order valence-corrected chi connectivity index (χ3v) is 4.93. The van der Waals surface area contributed by atoms with Gasteiger partial charge in [-0.1, -0.05) is 38.1 Å². The summed E-state index contributed by atoms with van der Waals surface area (Å²) in [6, 6.07) is 9.16. The molecule has 2 aromatic rings. The molecule has 2 N–H and O–H groups in total. The number of hydrogen-bond donors (Lipinski definition) is 2. The van der Waals surface area contributed by atoms with Crippen LogP contribution in [0.4, 0.5) is 19.3 Å². The Morgan fingerprint density at radius 2 is 1.79 bits per heavy atom. The van der Waals surface area contributed by atoms with Gasteiger partial charge in [-0.15, -0.1) is 0 Å². The van der Waals surface area contributed by atoms with Gasteiger partial charge in [0.05, 0.1) is 5.69 Å². The van der Waals surface area contributed by atoms with Crippen molar-refractivity contribution in [3.05, 3.63) is 65.2 Å². The number of nitrogens with zero attached hydrogens (tertiary/aromatic N) is 1. The summed E-state index contributed by atoms with van der Waals surface area (Å²) in [5.74, 6) is -2.66. The molecule has 0 unspecified atom stereocenters. The first kappa shape index (κ1) is 20.4. The van der Waals surface area contributed by atoms with Gasteiger partial charge in [0.25, 0.3) is 5.91 Å². The first-order valence-electron chi connectivity index (χ1n) is 9.11. The van der Waals surface area contributed by atoms with E-state index in [2.05, 4.69) is 10.6 Å². The molecule has 1 fully saturated rings. The van der Waals surface area contributed by atoms with Crippen molar-refractivity contribution < 1.29 is 23.2 Å². The van der Waals surface area contributed by atoms with Crippen LogP contribution in [0.3, 0.4) is 0 Å². The molecule has 0 saturated carbocycles. The third-order valence-electron chi connectivity index (χ3n) is 4.93. The molecule has 0 aliphatic carbocycles. The molecule has 4 amide bonds. The zero-order chi connectivity index (χ0) is 21.3. The molecule has 1 atom stereocenters. The van der Waals surface area contributed by atoms with Gasteiger partial charge >= 0.3 is 6.03 Å². The molecule has 3 rings (SSSR count). The van der Waals surface area contributed by atoms with Crippen molar-refractivity contribution >= 4 is 23.5 Å². The highest BCUT2D eigenvalue weighted by Gasteiger charge is 2.49. The Balaban J connectivity index is 1.76. The van der Waals surface area contributed by atoms with Crippen molar-refractivity contribution in [1.82, 2.24) is 10.2 Å². The van der Waals surface area contributed by atoms with Gasteiger partial charge in [0, 0.05) is 6.07 Å². The number of benzene rings is 2. The van der Waals surface area contributed by atoms with Gasteiger partial charge in [0.1, 0.15) is 23.7 Å². The van der Waals surface area contributed by atoms with Gasteiger partial charge in [-0.2, -0.15) is 0 Å². The summed E-state index contributed by atoms with van der Waals surface area (Å²) in [7, 11) is 0. The molecule has 1 heterocycles. The van der Waals surface area contributed by atoms with E-state index in [4.69, 9.17) is 0 Å². The predicted octanol–water partition coefficient (Wildman–Crippen LogP) is 3.49. The topological polar surface area (TPSA) is 78.5 Å². The number of halogens is 2. The van der Waals surface area contributed by atoms with E-state index in [0.29, 0.717) is 11.5 Å². The lowest BCUT2D eigenvalue weighted by Gasteiger charge is -2.22. The number of imide groups is 1. The van der Waals surface area contributed by atoms with E-state index >= 15 is 0 Å².